The fourth-order valence-corrected chi connectivity index (χ4v) is 11.5. The number of nitrogens with one attached hydrogen (secondary N) is 1. The molecule has 2 aromatic rings. The number of amides is 1. The van der Waals surface area contributed by atoms with Gasteiger partial charge in [-0.25, -0.2) is 0 Å². The molecule has 316 valence electrons. The first-order valence-electron chi connectivity index (χ1n) is 19.5. The second-order valence-corrected chi connectivity index (χ2v) is 19.0. The van der Waals surface area contributed by atoms with Crippen LogP contribution in [0.1, 0.15) is 88.4 Å². The molecule has 5 aliphatic heterocycles. The summed E-state index contributed by atoms with van der Waals surface area (Å²) in [6.45, 7) is 17.5. The van der Waals surface area contributed by atoms with Gasteiger partial charge in [-0.05, 0) is 33.8 Å². The molecule has 9 atom stereocenters. The summed E-state index contributed by atoms with van der Waals surface area (Å²) in [5, 5.41) is 38.2. The van der Waals surface area contributed by atoms with Gasteiger partial charge in [-0.3, -0.25) is 14.4 Å². The number of thioether (sulfide) groups is 2. The summed E-state index contributed by atoms with van der Waals surface area (Å²) in [6, 6.07) is 0. The van der Waals surface area contributed by atoms with Crippen molar-refractivity contribution in [3.8, 4) is 23.0 Å². The highest BCUT2D eigenvalue weighted by Crippen LogP contribution is 2.60. The summed E-state index contributed by atoms with van der Waals surface area (Å²) < 4.78 is 36.8. The molecule has 2 fully saturated rings. The van der Waals surface area contributed by atoms with E-state index in [9.17, 15) is 29.7 Å². The van der Waals surface area contributed by atoms with Crippen molar-refractivity contribution in [3.05, 3.63) is 52.8 Å². The predicted octanol–water partition coefficient (Wildman–Crippen LogP) is 8.03. The topological polar surface area (TPSA) is 179 Å². The number of Topliss-reactive ketones (excluding diaryl/α,β-unsaturated/α-hetero) is 1. The Kier molecular flexibility index (Phi) is 12.5. The molecule has 0 spiro atoms. The Bertz CT molecular complexity index is 2070. The van der Waals surface area contributed by atoms with Gasteiger partial charge in [-0.2, -0.15) is 0 Å². The Labute approximate surface area is 347 Å². The van der Waals surface area contributed by atoms with Crippen LogP contribution in [-0.2, 0) is 33.3 Å². The third kappa shape index (κ3) is 7.92. The average Bonchev–Trinajstić information content (AvgIpc) is 3.79. The van der Waals surface area contributed by atoms with Crippen LogP contribution in [0.25, 0.3) is 10.8 Å². The predicted molar refractivity (Wildman–Crippen MR) is 223 cm³/mol. The lowest BCUT2D eigenvalue weighted by atomic mass is 9.77. The summed E-state index contributed by atoms with van der Waals surface area (Å²) in [7, 11) is 1.52. The molecule has 0 radical (unpaired) electrons. The summed E-state index contributed by atoms with van der Waals surface area (Å²) in [6.07, 6.45) is 6.16. The number of aromatic hydroxyl groups is 3. The van der Waals surface area contributed by atoms with Gasteiger partial charge < -0.3 is 49.1 Å². The first-order valence-corrected chi connectivity index (χ1v) is 21.6. The van der Waals surface area contributed by atoms with E-state index in [4.69, 9.17) is 28.4 Å². The van der Waals surface area contributed by atoms with E-state index in [1.165, 1.54) is 57.7 Å². The van der Waals surface area contributed by atoms with Crippen molar-refractivity contribution in [1.29, 1.82) is 0 Å². The van der Waals surface area contributed by atoms with Crippen LogP contribution in [0.15, 0.2) is 36.1 Å². The van der Waals surface area contributed by atoms with Crippen molar-refractivity contribution >= 4 is 57.6 Å². The van der Waals surface area contributed by atoms with Crippen molar-refractivity contribution in [2.24, 2.45) is 23.7 Å². The Morgan fingerprint density at radius 1 is 0.897 bits per heavy atom. The quantitative estimate of drug-likeness (QED) is 0.133. The maximum atomic E-state index is 14.5. The summed E-state index contributed by atoms with van der Waals surface area (Å²) in [4.78, 5) is 40.9. The second-order valence-electron chi connectivity index (χ2n) is 16.3. The number of ketones is 1. The molecule has 9 unspecified atom stereocenters. The van der Waals surface area contributed by atoms with Crippen LogP contribution in [0.2, 0.25) is 0 Å². The highest BCUT2D eigenvalue weighted by molar-refractivity contribution is 8.19. The maximum absolute atomic E-state index is 14.5. The van der Waals surface area contributed by atoms with E-state index in [2.05, 4.69) is 5.32 Å². The minimum absolute atomic E-state index is 0.0207. The van der Waals surface area contributed by atoms with Crippen LogP contribution in [-0.4, -0.2) is 87.6 Å². The Morgan fingerprint density at radius 3 is 2.19 bits per heavy atom. The number of carbonyl (C=O) groups excluding carboxylic acids is 3. The molecule has 13 nitrogen and oxygen atoms in total. The van der Waals surface area contributed by atoms with Gasteiger partial charge in [0.1, 0.15) is 23.4 Å². The van der Waals surface area contributed by atoms with Gasteiger partial charge >= 0.3 is 11.8 Å². The van der Waals surface area contributed by atoms with Gasteiger partial charge in [0.05, 0.1) is 45.8 Å². The molecule has 5 heterocycles. The molecule has 58 heavy (non-hydrogen) atoms. The Hall–Kier alpha value is -3.89. The fraction of sp³-hybridized carbons (Fsp3) is 0.558. The first-order chi connectivity index (χ1) is 27.2. The number of esters is 1. The molecule has 0 aromatic heterocycles. The highest BCUT2D eigenvalue weighted by atomic mass is 32.2. The van der Waals surface area contributed by atoms with E-state index in [0.717, 1.165) is 11.5 Å². The molecule has 7 bridgehead atoms. The highest BCUT2D eigenvalue weighted by Gasteiger charge is 2.51. The lowest BCUT2D eigenvalue weighted by Crippen LogP contribution is -2.56. The number of anilines is 1. The van der Waals surface area contributed by atoms with Gasteiger partial charge in [0.25, 0.3) is 11.7 Å². The van der Waals surface area contributed by atoms with Crippen LogP contribution in [0.3, 0.4) is 0 Å². The number of phenols is 3. The number of methoxy groups -OCH3 is 1. The third-order valence-corrected chi connectivity index (χ3v) is 14.7. The largest absolute Gasteiger partial charge is 0.507 e. The molecular weight excluding hydrogens is 787 g/mol. The van der Waals surface area contributed by atoms with Crippen LogP contribution in [0.5, 0.6) is 23.0 Å². The van der Waals surface area contributed by atoms with Gasteiger partial charge in [-0.1, -0.05) is 45.9 Å². The number of fused-ring (bicyclic) bond motifs is 10. The number of hydrogen-bond donors (Lipinski definition) is 4. The van der Waals surface area contributed by atoms with Crippen LogP contribution >= 0.6 is 23.5 Å². The van der Waals surface area contributed by atoms with Crippen LogP contribution in [0.4, 0.5) is 5.69 Å². The van der Waals surface area contributed by atoms with Crippen LogP contribution < -0.4 is 10.1 Å². The zero-order chi connectivity index (χ0) is 42.6. The van der Waals surface area contributed by atoms with Gasteiger partial charge in [0.15, 0.2) is 11.5 Å². The Balaban J connectivity index is 1.53. The second kappa shape index (κ2) is 16.6. The van der Waals surface area contributed by atoms with Crippen molar-refractivity contribution in [2.75, 3.05) is 23.9 Å². The first kappa shape index (κ1) is 43.7. The molecule has 2 aromatic carbocycles. The summed E-state index contributed by atoms with van der Waals surface area (Å²) >= 11 is 3.03. The molecule has 7 rings (SSSR count). The lowest BCUT2D eigenvalue weighted by molar-refractivity contribution is -0.336. The Morgan fingerprint density at radius 2 is 1.55 bits per heavy atom. The molecular formula is C43H55NO12S2. The van der Waals surface area contributed by atoms with E-state index in [0.29, 0.717) is 5.57 Å². The molecule has 0 aliphatic carbocycles. The number of phenolic OH excluding ortho intramolecular Hbond substituents is 3. The molecule has 2 saturated heterocycles. The zero-order valence-electron chi connectivity index (χ0n) is 34.8. The van der Waals surface area contributed by atoms with E-state index < -0.39 is 69.5 Å². The van der Waals surface area contributed by atoms with E-state index in [1.807, 2.05) is 47.6 Å². The van der Waals surface area contributed by atoms with Gasteiger partial charge in [0.2, 0.25) is 0 Å². The smallest absolute Gasteiger partial charge is 0.312 e. The normalized spacial score (nSPS) is 33.0. The standard InChI is InChI=1S/C43H55NO12S2/c1-19-13-12-14-20(2)40(50)44-31-30(41-57-17-18-58-41)33(47)27-28(34(31)48)32(46)22(4)38-29(27)39(49)43(10,56-38)52-16-15-26(51-11)21(3)36(53-25(7)45)24(6)37-23(5)35(19)54-42(8,9)55-37/h12-16,19,21,23-24,26,35-37,41,46-48H,17-18H2,1-11H3,(H,44,50)/b13-12-,16-15+,20-14?. The average molecular weight is 842 g/mol. The number of allylic oxidation sites excluding steroid dienone is 2. The van der Waals surface area contributed by atoms with E-state index in [-0.39, 0.29) is 68.5 Å². The van der Waals surface area contributed by atoms with E-state index in [1.54, 1.807) is 25.2 Å². The fourth-order valence-electron chi connectivity index (χ4n) is 8.59. The van der Waals surface area contributed by atoms with Crippen molar-refractivity contribution in [2.45, 2.75) is 110 Å². The van der Waals surface area contributed by atoms with Gasteiger partial charge in [0, 0.05) is 78.2 Å². The summed E-state index contributed by atoms with van der Waals surface area (Å²) in [5.74, 6) is -5.60. The van der Waals surface area contributed by atoms with E-state index >= 15 is 0 Å². The summed E-state index contributed by atoms with van der Waals surface area (Å²) in [5.41, 5.74) is 0.474. The molecule has 5 aliphatic rings. The number of carbonyl (C=O) groups is 3. The van der Waals surface area contributed by atoms with Crippen molar-refractivity contribution in [3.63, 3.8) is 0 Å². The number of ether oxygens (including phenoxy) is 6. The van der Waals surface area contributed by atoms with Crippen molar-refractivity contribution in [1.82, 2.24) is 0 Å². The SMILES string of the molecule is COC1/C=C/OC2(C)Oc3c(C)c(O)c4c(O)c(c(C5SCCS5)c(O)c4c3C2=O)NC(=O)C(C)=C/C=C\C(C)C2OC(C)(C)OC(C2C)C(C)C(OC(C)=O)C1C. The maximum Gasteiger partial charge on any atom is 0.312 e. The monoisotopic (exact) mass is 841 g/mol. The lowest BCUT2D eigenvalue weighted by Gasteiger charge is -2.50. The molecule has 0 saturated carbocycles. The van der Waals surface area contributed by atoms with Gasteiger partial charge in [-0.15, -0.1) is 23.5 Å². The minimum atomic E-state index is -1.97. The third-order valence-electron chi connectivity index (χ3n) is 11.6. The van der Waals surface area contributed by atoms with Crippen molar-refractivity contribution < 1.29 is 58.1 Å². The molecule has 1 amide bonds. The molecule has 15 heteroatoms. The minimum Gasteiger partial charge on any atom is -0.507 e. The van der Waals surface area contributed by atoms with Crippen LogP contribution in [0, 0.1) is 30.6 Å². The molecule has 4 N–H and O–H groups in total. The number of hydrogen-bond acceptors (Lipinski definition) is 14. The number of rotatable bonds is 3. The zero-order valence-corrected chi connectivity index (χ0v) is 36.5. The number of benzene rings is 2.